The largest absolute Gasteiger partial charge is 0.366 e. The number of halogens is 1. The van der Waals surface area contributed by atoms with Crippen LogP contribution in [-0.4, -0.2) is 34.7 Å². The van der Waals surface area contributed by atoms with Crippen molar-refractivity contribution in [1.82, 2.24) is 9.80 Å². The molecule has 2 amide bonds. The quantitative estimate of drug-likeness (QED) is 0.779. The number of carbonyl (C=O) groups is 2. The zero-order valence-corrected chi connectivity index (χ0v) is 15.0. The molecule has 0 radical (unpaired) electrons. The normalized spacial score (nSPS) is 17.8. The van der Waals surface area contributed by atoms with Gasteiger partial charge >= 0.3 is 0 Å². The highest BCUT2D eigenvalue weighted by atomic mass is 19.1. The van der Waals surface area contributed by atoms with Gasteiger partial charge < -0.3 is 4.90 Å². The van der Waals surface area contributed by atoms with Crippen molar-refractivity contribution in [2.24, 2.45) is 0 Å². The summed E-state index contributed by atoms with van der Waals surface area (Å²) in [4.78, 5) is 29.7. The van der Waals surface area contributed by atoms with Gasteiger partial charge in [0.1, 0.15) is 11.5 Å². The van der Waals surface area contributed by atoms with Crippen molar-refractivity contribution in [2.75, 3.05) is 13.1 Å². The third kappa shape index (κ3) is 3.37. The molecule has 0 atom stereocenters. The monoisotopic (exact) mass is 364 g/mol. The lowest BCUT2D eigenvalue weighted by molar-refractivity contribution is -0.138. The summed E-state index contributed by atoms with van der Waals surface area (Å²) >= 11 is 0. The van der Waals surface area contributed by atoms with E-state index in [4.69, 9.17) is 0 Å². The Labute approximate surface area is 157 Å². The van der Waals surface area contributed by atoms with E-state index in [0.29, 0.717) is 11.3 Å². The molecule has 2 aliphatic rings. The van der Waals surface area contributed by atoms with Gasteiger partial charge in [-0.2, -0.15) is 0 Å². The standard InChI is InChI=1S/C22H21FN2O2/c23-18-11-9-16(10-12-18)15-25-21(26)19(17-7-3-1-4-8-17)20(22(25)27)24-13-5-2-6-14-24/h1,3-4,7-12H,2,5-6,13-15H2. The molecule has 0 unspecified atom stereocenters. The minimum atomic E-state index is -0.338. The van der Waals surface area contributed by atoms with Gasteiger partial charge in [-0.15, -0.1) is 0 Å². The Hall–Kier alpha value is -2.95. The van der Waals surface area contributed by atoms with E-state index in [1.807, 2.05) is 30.3 Å². The lowest BCUT2D eigenvalue weighted by atomic mass is 10.0. The van der Waals surface area contributed by atoms with Gasteiger partial charge in [-0.3, -0.25) is 14.5 Å². The molecular formula is C22H21FN2O2. The summed E-state index contributed by atoms with van der Waals surface area (Å²) in [5.74, 6) is -0.879. The molecule has 2 heterocycles. The molecule has 2 aromatic rings. The zero-order chi connectivity index (χ0) is 18.8. The number of benzene rings is 2. The molecule has 0 aromatic heterocycles. The van der Waals surface area contributed by atoms with E-state index in [-0.39, 0.29) is 24.2 Å². The van der Waals surface area contributed by atoms with Crippen molar-refractivity contribution >= 4 is 17.4 Å². The third-order valence-electron chi connectivity index (χ3n) is 5.13. The van der Waals surface area contributed by atoms with Crippen LogP contribution < -0.4 is 0 Å². The predicted molar refractivity (Wildman–Crippen MR) is 101 cm³/mol. The van der Waals surface area contributed by atoms with Crippen LogP contribution in [0.25, 0.3) is 5.57 Å². The maximum atomic E-state index is 13.2. The van der Waals surface area contributed by atoms with Crippen LogP contribution in [0.4, 0.5) is 4.39 Å². The van der Waals surface area contributed by atoms with Crippen molar-refractivity contribution in [2.45, 2.75) is 25.8 Å². The van der Waals surface area contributed by atoms with E-state index in [2.05, 4.69) is 4.90 Å². The Morgan fingerprint density at radius 2 is 1.48 bits per heavy atom. The minimum Gasteiger partial charge on any atom is -0.366 e. The number of nitrogens with zero attached hydrogens (tertiary/aromatic N) is 2. The van der Waals surface area contributed by atoms with Gasteiger partial charge in [-0.05, 0) is 42.5 Å². The topological polar surface area (TPSA) is 40.6 Å². The first-order valence-electron chi connectivity index (χ1n) is 9.30. The third-order valence-corrected chi connectivity index (χ3v) is 5.13. The minimum absolute atomic E-state index is 0.144. The molecule has 2 aromatic carbocycles. The average molecular weight is 364 g/mol. The van der Waals surface area contributed by atoms with Crippen LogP contribution in [0.5, 0.6) is 0 Å². The number of imide groups is 1. The molecule has 4 rings (SSSR count). The Kier molecular flexibility index (Phi) is 4.75. The van der Waals surface area contributed by atoms with Gasteiger partial charge in [0, 0.05) is 13.1 Å². The number of hydrogen-bond acceptors (Lipinski definition) is 3. The van der Waals surface area contributed by atoms with Crippen LogP contribution in [0.2, 0.25) is 0 Å². The summed E-state index contributed by atoms with van der Waals surface area (Å²) < 4.78 is 13.2. The maximum Gasteiger partial charge on any atom is 0.278 e. The maximum absolute atomic E-state index is 13.2. The second-order valence-electron chi connectivity index (χ2n) is 6.96. The van der Waals surface area contributed by atoms with Crippen molar-refractivity contribution in [3.63, 3.8) is 0 Å². The average Bonchev–Trinajstić information content (AvgIpc) is 2.95. The van der Waals surface area contributed by atoms with Crippen molar-refractivity contribution < 1.29 is 14.0 Å². The molecule has 5 heteroatoms. The first-order chi connectivity index (χ1) is 13.1. The van der Waals surface area contributed by atoms with Crippen LogP contribution in [0.1, 0.15) is 30.4 Å². The fraction of sp³-hybridized carbons (Fsp3) is 0.273. The summed E-state index contributed by atoms with van der Waals surface area (Å²) in [5, 5.41) is 0. The van der Waals surface area contributed by atoms with Gasteiger partial charge in [0.05, 0.1) is 12.1 Å². The predicted octanol–water partition coefficient (Wildman–Crippen LogP) is 3.59. The van der Waals surface area contributed by atoms with E-state index in [0.717, 1.165) is 43.5 Å². The van der Waals surface area contributed by atoms with Crippen molar-refractivity contribution in [1.29, 1.82) is 0 Å². The highest BCUT2D eigenvalue weighted by Gasteiger charge is 2.41. The Balaban J connectivity index is 1.71. The molecule has 27 heavy (non-hydrogen) atoms. The Bertz CT molecular complexity index is 884. The van der Waals surface area contributed by atoms with Crippen LogP contribution in [0, 0.1) is 5.82 Å². The first-order valence-corrected chi connectivity index (χ1v) is 9.30. The van der Waals surface area contributed by atoms with Gasteiger partial charge in [0.2, 0.25) is 0 Å². The fourth-order valence-corrected chi connectivity index (χ4v) is 3.76. The van der Waals surface area contributed by atoms with E-state index < -0.39 is 0 Å². The number of piperidine rings is 1. The van der Waals surface area contributed by atoms with Crippen LogP contribution >= 0.6 is 0 Å². The molecule has 0 aliphatic carbocycles. The second kappa shape index (κ2) is 7.35. The zero-order valence-electron chi connectivity index (χ0n) is 15.0. The second-order valence-corrected chi connectivity index (χ2v) is 6.96. The molecule has 0 bridgehead atoms. The molecule has 4 nitrogen and oxygen atoms in total. The first kappa shape index (κ1) is 17.5. The highest BCUT2D eigenvalue weighted by molar-refractivity contribution is 6.35. The molecule has 0 spiro atoms. The summed E-state index contributed by atoms with van der Waals surface area (Å²) in [7, 11) is 0. The summed E-state index contributed by atoms with van der Waals surface area (Å²) in [6.07, 6.45) is 3.18. The van der Waals surface area contributed by atoms with Crippen molar-refractivity contribution in [3.05, 3.63) is 77.2 Å². The lowest BCUT2D eigenvalue weighted by Crippen LogP contribution is -2.36. The van der Waals surface area contributed by atoms with Crippen molar-refractivity contribution in [3.8, 4) is 0 Å². The molecule has 138 valence electrons. The number of likely N-dealkylation sites (tertiary alicyclic amines) is 1. The Morgan fingerprint density at radius 1 is 0.815 bits per heavy atom. The highest BCUT2D eigenvalue weighted by Crippen LogP contribution is 2.33. The molecule has 1 saturated heterocycles. The Morgan fingerprint density at radius 3 is 2.15 bits per heavy atom. The van der Waals surface area contributed by atoms with Gasteiger partial charge in [-0.25, -0.2) is 4.39 Å². The fourth-order valence-electron chi connectivity index (χ4n) is 3.76. The van der Waals surface area contributed by atoms with Crippen LogP contribution in [0.3, 0.4) is 0 Å². The SMILES string of the molecule is O=C1C(c2ccccc2)=C(N2CCCCC2)C(=O)N1Cc1ccc(F)cc1. The number of hydrogen-bond donors (Lipinski definition) is 0. The molecule has 0 N–H and O–H groups in total. The summed E-state index contributed by atoms with van der Waals surface area (Å²) in [5.41, 5.74) is 2.47. The van der Waals surface area contributed by atoms with E-state index >= 15 is 0 Å². The summed E-state index contributed by atoms with van der Waals surface area (Å²) in [6, 6.07) is 15.3. The number of amides is 2. The van der Waals surface area contributed by atoms with E-state index in [1.54, 1.807) is 12.1 Å². The smallest absolute Gasteiger partial charge is 0.278 e. The van der Waals surface area contributed by atoms with Crippen LogP contribution in [0.15, 0.2) is 60.3 Å². The molecular weight excluding hydrogens is 343 g/mol. The number of carbonyl (C=O) groups excluding carboxylic acids is 2. The molecule has 0 saturated carbocycles. The van der Waals surface area contributed by atoms with E-state index in [1.165, 1.54) is 17.0 Å². The summed E-state index contributed by atoms with van der Waals surface area (Å²) in [6.45, 7) is 1.72. The lowest BCUT2D eigenvalue weighted by Gasteiger charge is -2.29. The van der Waals surface area contributed by atoms with Gasteiger partial charge in [-0.1, -0.05) is 42.5 Å². The van der Waals surface area contributed by atoms with Crippen LogP contribution in [-0.2, 0) is 16.1 Å². The van der Waals surface area contributed by atoms with E-state index in [9.17, 15) is 14.0 Å². The van der Waals surface area contributed by atoms with Gasteiger partial charge in [0.25, 0.3) is 11.8 Å². The number of rotatable bonds is 4. The van der Waals surface area contributed by atoms with Gasteiger partial charge in [0.15, 0.2) is 0 Å². The molecule has 2 aliphatic heterocycles. The molecule has 1 fully saturated rings.